The van der Waals surface area contributed by atoms with E-state index in [1.807, 2.05) is 4.90 Å². The molecule has 10 nitrogen and oxygen atoms in total. The van der Waals surface area contributed by atoms with Crippen molar-refractivity contribution in [2.45, 2.75) is 18.9 Å². The summed E-state index contributed by atoms with van der Waals surface area (Å²) in [7, 11) is 1.31. The molecule has 3 aromatic rings. The number of hydrogen-bond donors (Lipinski definition) is 3. The predicted molar refractivity (Wildman–Crippen MR) is 148 cm³/mol. The van der Waals surface area contributed by atoms with Gasteiger partial charge in [-0.1, -0.05) is 6.07 Å². The third-order valence-corrected chi connectivity index (χ3v) is 7.51. The lowest BCUT2D eigenvalue weighted by molar-refractivity contribution is -0.137. The SMILES string of the molecule is COC(=O)N1CCCN(c2ccc(C(=O)NC(CC(=O)O)c3cccs3)cc2NC(=O)c2ccc(F)c(F)c2)CC1. The fourth-order valence-electron chi connectivity index (χ4n) is 4.48. The zero-order valence-electron chi connectivity index (χ0n) is 22.1. The summed E-state index contributed by atoms with van der Waals surface area (Å²) < 4.78 is 32.1. The Bertz CT molecular complexity index is 1430. The van der Waals surface area contributed by atoms with Gasteiger partial charge in [0.25, 0.3) is 11.8 Å². The van der Waals surface area contributed by atoms with E-state index in [0.717, 1.165) is 18.2 Å². The van der Waals surface area contributed by atoms with Gasteiger partial charge in [0.15, 0.2) is 11.6 Å². The van der Waals surface area contributed by atoms with E-state index in [2.05, 4.69) is 10.6 Å². The molecule has 1 aliphatic heterocycles. The Morgan fingerprint density at radius 1 is 0.976 bits per heavy atom. The first-order chi connectivity index (χ1) is 19.7. The summed E-state index contributed by atoms with van der Waals surface area (Å²) in [5, 5.41) is 16.6. The molecule has 0 bridgehead atoms. The quantitative estimate of drug-likeness (QED) is 0.355. The summed E-state index contributed by atoms with van der Waals surface area (Å²) in [5.41, 5.74) is 0.790. The molecule has 2 heterocycles. The predicted octanol–water partition coefficient (Wildman–Crippen LogP) is 4.50. The molecule has 1 aliphatic rings. The maximum atomic E-state index is 13.8. The van der Waals surface area contributed by atoms with E-state index in [9.17, 15) is 33.1 Å². The van der Waals surface area contributed by atoms with Crippen LogP contribution in [0.15, 0.2) is 53.9 Å². The van der Waals surface area contributed by atoms with Crippen molar-refractivity contribution < 1.29 is 37.8 Å². The van der Waals surface area contributed by atoms with Crippen LogP contribution in [0.2, 0.25) is 0 Å². The number of aliphatic carboxylic acids is 1. The molecule has 13 heteroatoms. The van der Waals surface area contributed by atoms with Crippen molar-refractivity contribution in [1.82, 2.24) is 10.2 Å². The Labute approximate surface area is 238 Å². The fourth-order valence-corrected chi connectivity index (χ4v) is 5.26. The third kappa shape index (κ3) is 7.37. The molecule has 0 aliphatic carbocycles. The van der Waals surface area contributed by atoms with Gasteiger partial charge in [0, 0.05) is 42.2 Å². The second kappa shape index (κ2) is 13.2. The highest BCUT2D eigenvalue weighted by Gasteiger charge is 2.24. The minimum Gasteiger partial charge on any atom is -0.481 e. The van der Waals surface area contributed by atoms with Crippen LogP contribution >= 0.6 is 11.3 Å². The van der Waals surface area contributed by atoms with Crippen LogP contribution in [0.4, 0.5) is 25.0 Å². The normalized spacial score (nSPS) is 14.1. The Morgan fingerprint density at radius 3 is 2.41 bits per heavy atom. The van der Waals surface area contributed by atoms with Crippen molar-refractivity contribution in [3.05, 3.63) is 81.5 Å². The van der Waals surface area contributed by atoms with Crippen LogP contribution < -0.4 is 15.5 Å². The minimum absolute atomic E-state index is 0.128. The maximum Gasteiger partial charge on any atom is 0.409 e. The summed E-state index contributed by atoms with van der Waals surface area (Å²) in [4.78, 5) is 53.9. The standard InChI is InChI=1S/C28H28F2N4O6S/c1-40-28(39)34-10-3-9-33(11-12-34)23-8-6-18(27(38)32-22(16-25(35)36)24-4-2-13-41-24)15-21(23)31-26(37)17-5-7-19(29)20(30)14-17/h2,4-8,13-15,22H,3,9-12,16H2,1H3,(H,31,37)(H,32,38)(H,35,36). The number of halogens is 2. The van der Waals surface area contributed by atoms with Gasteiger partial charge in [-0.25, -0.2) is 13.6 Å². The van der Waals surface area contributed by atoms with Gasteiger partial charge in [-0.15, -0.1) is 11.3 Å². The molecule has 1 unspecified atom stereocenters. The molecule has 0 radical (unpaired) electrons. The first-order valence-corrected chi connectivity index (χ1v) is 13.6. The molecule has 0 spiro atoms. The van der Waals surface area contributed by atoms with Crippen molar-refractivity contribution in [3.8, 4) is 0 Å². The van der Waals surface area contributed by atoms with Gasteiger partial charge in [0.2, 0.25) is 0 Å². The number of nitrogens with zero attached hydrogens (tertiary/aromatic N) is 2. The Morgan fingerprint density at radius 2 is 1.73 bits per heavy atom. The van der Waals surface area contributed by atoms with E-state index in [-0.39, 0.29) is 23.2 Å². The lowest BCUT2D eigenvalue weighted by atomic mass is 10.1. The highest BCUT2D eigenvalue weighted by atomic mass is 32.1. The van der Waals surface area contributed by atoms with Crippen molar-refractivity contribution in [3.63, 3.8) is 0 Å². The molecular formula is C28H28F2N4O6S. The summed E-state index contributed by atoms with van der Waals surface area (Å²) in [6, 6.07) is 10.1. The number of nitrogens with one attached hydrogen (secondary N) is 2. The topological polar surface area (TPSA) is 128 Å². The largest absolute Gasteiger partial charge is 0.481 e. The Kier molecular flexibility index (Phi) is 9.50. The number of benzene rings is 2. The van der Waals surface area contributed by atoms with E-state index in [0.29, 0.717) is 43.2 Å². The molecule has 1 atom stereocenters. The molecule has 3 N–H and O–H groups in total. The van der Waals surface area contributed by atoms with E-state index in [1.54, 1.807) is 34.5 Å². The van der Waals surface area contributed by atoms with Crippen molar-refractivity contribution >= 4 is 46.6 Å². The molecular weight excluding hydrogens is 558 g/mol. The summed E-state index contributed by atoms with van der Waals surface area (Å²) in [6.07, 6.45) is -0.174. The third-order valence-electron chi connectivity index (χ3n) is 6.53. The summed E-state index contributed by atoms with van der Waals surface area (Å²) in [5.74, 6) is -4.65. The molecule has 1 aromatic heterocycles. The van der Waals surface area contributed by atoms with E-state index < -0.39 is 41.6 Å². The number of hydrogen-bond acceptors (Lipinski definition) is 7. The number of rotatable bonds is 8. The lowest BCUT2D eigenvalue weighted by Crippen LogP contribution is -2.35. The minimum atomic E-state index is -1.18. The molecule has 1 saturated heterocycles. The maximum absolute atomic E-state index is 13.8. The average molecular weight is 587 g/mol. The lowest BCUT2D eigenvalue weighted by Gasteiger charge is -2.26. The van der Waals surface area contributed by atoms with Crippen molar-refractivity contribution in [2.24, 2.45) is 0 Å². The second-order valence-corrected chi connectivity index (χ2v) is 10.2. The number of carboxylic acids is 1. The fraction of sp³-hybridized carbons (Fsp3) is 0.286. The van der Waals surface area contributed by atoms with E-state index in [1.165, 1.54) is 24.5 Å². The van der Waals surface area contributed by atoms with E-state index in [4.69, 9.17) is 4.74 Å². The zero-order chi connectivity index (χ0) is 29.5. The second-order valence-electron chi connectivity index (χ2n) is 9.25. The van der Waals surface area contributed by atoms with Gasteiger partial charge in [-0.2, -0.15) is 0 Å². The van der Waals surface area contributed by atoms with Gasteiger partial charge >= 0.3 is 12.1 Å². The summed E-state index contributed by atoms with van der Waals surface area (Å²) in [6.45, 7) is 1.73. The van der Waals surface area contributed by atoms with Gasteiger partial charge < -0.3 is 30.3 Å². The number of carbonyl (C=O) groups excluding carboxylic acids is 3. The number of amides is 3. The summed E-state index contributed by atoms with van der Waals surface area (Å²) >= 11 is 1.31. The molecule has 1 fully saturated rings. The molecule has 0 saturated carbocycles. The highest BCUT2D eigenvalue weighted by molar-refractivity contribution is 7.10. The van der Waals surface area contributed by atoms with Crippen molar-refractivity contribution in [2.75, 3.05) is 43.5 Å². The number of carboxylic acid groups (broad SMARTS) is 1. The number of ether oxygens (including phenoxy) is 1. The number of anilines is 2. The van der Waals surface area contributed by atoms with Crippen LogP contribution in [-0.4, -0.2) is 67.2 Å². The highest BCUT2D eigenvalue weighted by Crippen LogP contribution is 2.30. The Balaban J connectivity index is 1.64. The smallest absolute Gasteiger partial charge is 0.409 e. The van der Waals surface area contributed by atoms with Crippen LogP contribution in [0.1, 0.15) is 44.5 Å². The average Bonchev–Trinajstić information content (AvgIpc) is 3.38. The van der Waals surface area contributed by atoms with Crippen LogP contribution in [0, 0.1) is 11.6 Å². The van der Waals surface area contributed by atoms with Gasteiger partial charge in [0.05, 0.1) is 30.9 Å². The van der Waals surface area contributed by atoms with Gasteiger partial charge in [0.1, 0.15) is 0 Å². The first-order valence-electron chi connectivity index (χ1n) is 12.7. The Hall–Kier alpha value is -4.52. The molecule has 3 amide bonds. The van der Waals surface area contributed by atoms with Crippen LogP contribution in [0.3, 0.4) is 0 Å². The van der Waals surface area contributed by atoms with Crippen LogP contribution in [-0.2, 0) is 9.53 Å². The molecule has 2 aromatic carbocycles. The monoisotopic (exact) mass is 586 g/mol. The van der Waals surface area contributed by atoms with E-state index >= 15 is 0 Å². The zero-order valence-corrected chi connectivity index (χ0v) is 22.9. The van der Waals surface area contributed by atoms with Gasteiger partial charge in [-0.3, -0.25) is 14.4 Å². The molecule has 4 rings (SSSR count). The molecule has 216 valence electrons. The van der Waals surface area contributed by atoms with Crippen LogP contribution in [0.5, 0.6) is 0 Å². The molecule has 41 heavy (non-hydrogen) atoms. The number of carbonyl (C=O) groups is 4. The first kappa shape index (κ1) is 29.5. The van der Waals surface area contributed by atoms with Gasteiger partial charge in [-0.05, 0) is 54.3 Å². The van der Waals surface area contributed by atoms with Crippen LogP contribution in [0.25, 0.3) is 0 Å². The number of thiophene rings is 1. The van der Waals surface area contributed by atoms with Crippen molar-refractivity contribution in [1.29, 1.82) is 0 Å². The number of methoxy groups -OCH3 is 1.